The summed E-state index contributed by atoms with van der Waals surface area (Å²) in [6, 6.07) is 16.6. The van der Waals surface area contributed by atoms with E-state index in [1.54, 1.807) is 0 Å². The Labute approximate surface area is 241 Å². The van der Waals surface area contributed by atoms with Gasteiger partial charge in [-0.15, -0.1) is 0 Å². The van der Waals surface area contributed by atoms with Gasteiger partial charge >= 0.3 is 0 Å². The molecule has 3 rings (SSSR count). The van der Waals surface area contributed by atoms with Crippen LogP contribution in [0.15, 0.2) is 42.5 Å². The van der Waals surface area contributed by atoms with Gasteiger partial charge in [-0.25, -0.2) is 0 Å². The molecule has 0 spiro atoms. The Balaban J connectivity index is 2.66. The Morgan fingerprint density at radius 2 is 0.622 bits per heavy atom. The molecule has 0 aliphatic heterocycles. The van der Waals surface area contributed by atoms with Gasteiger partial charge in [-0.1, -0.05) is 126 Å². The predicted molar refractivity (Wildman–Crippen MR) is 175 cm³/mol. The number of hydrogen-bond acceptors (Lipinski definition) is 0. The average molecular weight is 609 g/mol. The Bertz CT molecular complexity index is 1090. The third-order valence-electron chi connectivity index (χ3n) is 7.82. The minimum atomic E-state index is 0.445. The fourth-order valence-corrected chi connectivity index (χ4v) is 6.95. The molecular weight excluding hydrogens is 559 g/mol. The van der Waals surface area contributed by atoms with Crippen LogP contribution in [0.4, 0.5) is 0 Å². The Morgan fingerprint density at radius 3 is 0.838 bits per heavy atom. The van der Waals surface area contributed by atoms with E-state index in [0.29, 0.717) is 35.5 Å². The minimum absolute atomic E-state index is 0.445. The fraction of sp³-hybridized carbons (Fsp3) is 0.500. The van der Waals surface area contributed by atoms with Gasteiger partial charge in [0.25, 0.3) is 0 Å². The van der Waals surface area contributed by atoms with Gasteiger partial charge in [0.2, 0.25) is 0 Å². The third-order valence-corrected chi connectivity index (χ3v) is 8.90. The van der Waals surface area contributed by atoms with Crippen molar-refractivity contribution in [2.75, 3.05) is 0 Å². The van der Waals surface area contributed by atoms with Gasteiger partial charge in [0.05, 0.1) is 0 Å². The molecule has 0 saturated carbocycles. The van der Waals surface area contributed by atoms with Crippen molar-refractivity contribution in [1.82, 2.24) is 0 Å². The lowest BCUT2D eigenvalue weighted by atomic mass is 9.76. The van der Waals surface area contributed by atoms with E-state index in [2.05, 4.69) is 148 Å². The summed E-state index contributed by atoms with van der Waals surface area (Å²) in [5, 5.41) is 0. The van der Waals surface area contributed by atoms with Crippen LogP contribution in [-0.2, 0) is 0 Å². The van der Waals surface area contributed by atoms with Gasteiger partial charge in [-0.05, 0) is 114 Å². The Kier molecular flexibility index (Phi) is 9.76. The third kappa shape index (κ3) is 5.87. The molecule has 0 fully saturated rings. The average Bonchev–Trinajstić information content (AvgIpc) is 2.82. The van der Waals surface area contributed by atoms with E-state index < -0.39 is 0 Å². The molecule has 0 aliphatic rings. The lowest BCUT2D eigenvalue weighted by Crippen LogP contribution is -2.10. The van der Waals surface area contributed by atoms with Crippen LogP contribution in [0.1, 0.15) is 152 Å². The molecule has 0 heterocycles. The SMILES string of the molecule is CC(C)c1cccc(C(C)C)c1-c1c(C(C)C)cc(C(C)C)c(-c2c(C(C)C)cccc2C(C)C)c1I. The minimum Gasteiger partial charge on any atom is -0.0617 e. The maximum Gasteiger partial charge on any atom is 0.0293 e. The highest BCUT2D eigenvalue weighted by molar-refractivity contribution is 14.1. The zero-order chi connectivity index (χ0) is 27.8. The van der Waals surface area contributed by atoms with Crippen LogP contribution in [0.3, 0.4) is 0 Å². The molecule has 0 bridgehead atoms. The maximum atomic E-state index is 2.73. The molecular formula is C36H49I. The summed E-state index contributed by atoms with van der Waals surface area (Å²) < 4.78 is 1.43. The first-order valence-electron chi connectivity index (χ1n) is 14.4. The second-order valence-corrected chi connectivity index (χ2v) is 13.7. The van der Waals surface area contributed by atoms with Crippen LogP contribution in [0.25, 0.3) is 22.3 Å². The van der Waals surface area contributed by atoms with E-state index >= 15 is 0 Å². The first-order chi connectivity index (χ1) is 17.3. The molecule has 37 heavy (non-hydrogen) atoms. The molecule has 0 saturated heterocycles. The number of halogens is 1. The summed E-state index contributed by atoms with van der Waals surface area (Å²) in [5.41, 5.74) is 14.7. The van der Waals surface area contributed by atoms with Gasteiger partial charge < -0.3 is 0 Å². The normalized spacial score (nSPS) is 12.3. The largest absolute Gasteiger partial charge is 0.0617 e. The molecule has 3 aromatic rings. The van der Waals surface area contributed by atoms with Crippen LogP contribution < -0.4 is 0 Å². The molecule has 0 amide bonds. The lowest BCUT2D eigenvalue weighted by molar-refractivity contribution is 0.817. The topological polar surface area (TPSA) is 0 Å². The van der Waals surface area contributed by atoms with E-state index in [4.69, 9.17) is 0 Å². The zero-order valence-electron chi connectivity index (χ0n) is 25.4. The van der Waals surface area contributed by atoms with Crippen molar-refractivity contribution >= 4 is 22.6 Å². The van der Waals surface area contributed by atoms with Crippen molar-refractivity contribution in [3.63, 3.8) is 0 Å². The predicted octanol–water partition coefficient (Wildman–Crippen LogP) is 12.4. The lowest BCUT2D eigenvalue weighted by Gasteiger charge is -2.30. The van der Waals surface area contributed by atoms with Crippen molar-refractivity contribution in [1.29, 1.82) is 0 Å². The van der Waals surface area contributed by atoms with Crippen LogP contribution in [0, 0.1) is 3.57 Å². The molecule has 0 unspecified atom stereocenters. The molecule has 0 N–H and O–H groups in total. The van der Waals surface area contributed by atoms with E-state index in [0.717, 1.165) is 0 Å². The number of benzene rings is 3. The molecule has 3 aromatic carbocycles. The van der Waals surface area contributed by atoms with Crippen LogP contribution in [0.5, 0.6) is 0 Å². The Hall–Kier alpha value is -1.61. The van der Waals surface area contributed by atoms with E-state index in [1.165, 1.54) is 59.2 Å². The molecule has 200 valence electrons. The summed E-state index contributed by atoms with van der Waals surface area (Å²) in [7, 11) is 0. The Morgan fingerprint density at radius 1 is 0.378 bits per heavy atom. The molecule has 1 heteroatoms. The highest BCUT2D eigenvalue weighted by Crippen LogP contribution is 2.49. The smallest absolute Gasteiger partial charge is 0.0293 e. The summed E-state index contributed by atoms with van der Waals surface area (Å²) in [6.45, 7) is 28.2. The summed E-state index contributed by atoms with van der Waals surface area (Å²) in [6.07, 6.45) is 0. The zero-order valence-corrected chi connectivity index (χ0v) is 27.5. The van der Waals surface area contributed by atoms with Gasteiger partial charge in [0.15, 0.2) is 0 Å². The van der Waals surface area contributed by atoms with Crippen molar-refractivity contribution in [2.24, 2.45) is 0 Å². The van der Waals surface area contributed by atoms with Gasteiger partial charge in [0.1, 0.15) is 0 Å². The summed E-state index contributed by atoms with van der Waals surface area (Å²) in [4.78, 5) is 0. The molecule has 0 aromatic heterocycles. The summed E-state index contributed by atoms with van der Waals surface area (Å²) in [5.74, 6) is 2.75. The number of hydrogen-bond donors (Lipinski definition) is 0. The molecule has 0 nitrogen and oxygen atoms in total. The van der Waals surface area contributed by atoms with Gasteiger partial charge in [-0.2, -0.15) is 0 Å². The van der Waals surface area contributed by atoms with E-state index in [-0.39, 0.29) is 0 Å². The monoisotopic (exact) mass is 608 g/mol. The van der Waals surface area contributed by atoms with Crippen molar-refractivity contribution < 1.29 is 0 Å². The molecule has 0 atom stereocenters. The van der Waals surface area contributed by atoms with E-state index in [9.17, 15) is 0 Å². The van der Waals surface area contributed by atoms with Crippen LogP contribution in [-0.4, -0.2) is 0 Å². The van der Waals surface area contributed by atoms with Gasteiger partial charge in [-0.3, -0.25) is 0 Å². The second kappa shape index (κ2) is 12.1. The van der Waals surface area contributed by atoms with Gasteiger partial charge in [0, 0.05) is 3.57 Å². The molecule has 0 aliphatic carbocycles. The van der Waals surface area contributed by atoms with Crippen molar-refractivity contribution in [3.05, 3.63) is 79.4 Å². The van der Waals surface area contributed by atoms with Crippen molar-refractivity contribution in [2.45, 2.75) is 119 Å². The fourth-order valence-electron chi connectivity index (χ4n) is 5.79. The standard InChI is InChI=1S/C36H49I/c1-20(2)26-15-13-16-27(21(3)4)32(26)34-30(24(9)10)19-31(25(11)12)35(36(34)37)33-28(22(5)6)17-14-18-29(33)23(7)8/h13-25H,1-12H3. The quantitative estimate of drug-likeness (QED) is 0.223. The number of rotatable bonds is 8. The first kappa shape index (κ1) is 29.9. The first-order valence-corrected chi connectivity index (χ1v) is 15.5. The second-order valence-electron chi connectivity index (χ2n) is 12.7. The van der Waals surface area contributed by atoms with Crippen LogP contribution in [0.2, 0.25) is 0 Å². The van der Waals surface area contributed by atoms with Crippen LogP contribution >= 0.6 is 22.6 Å². The van der Waals surface area contributed by atoms with Crippen molar-refractivity contribution in [3.8, 4) is 22.3 Å². The maximum absolute atomic E-state index is 2.73. The molecule has 0 radical (unpaired) electrons. The highest BCUT2D eigenvalue weighted by atomic mass is 127. The summed E-state index contributed by atoms with van der Waals surface area (Å²) >= 11 is 2.73. The van der Waals surface area contributed by atoms with E-state index in [1.807, 2.05) is 0 Å². The highest BCUT2D eigenvalue weighted by Gasteiger charge is 2.28.